The molecule has 162 valence electrons. The van der Waals surface area contributed by atoms with E-state index in [1.807, 2.05) is 6.07 Å². The first-order chi connectivity index (χ1) is 14.5. The number of benzene rings is 1. The first kappa shape index (κ1) is 21.8. The van der Waals surface area contributed by atoms with E-state index in [9.17, 15) is 14.7 Å². The van der Waals surface area contributed by atoms with Crippen molar-refractivity contribution in [3.63, 3.8) is 0 Å². The van der Waals surface area contributed by atoms with Crippen LogP contribution < -0.4 is 16.0 Å². The van der Waals surface area contributed by atoms with Crippen LogP contribution in [0, 0.1) is 13.8 Å². The number of aryl methyl sites for hydroxylation is 2. The van der Waals surface area contributed by atoms with Gasteiger partial charge in [-0.2, -0.15) is 0 Å². The van der Waals surface area contributed by atoms with Crippen LogP contribution in [0.2, 0.25) is 0 Å². The molecule has 1 aromatic carbocycles. The average Bonchev–Trinajstić information content (AvgIpc) is 3.07. The smallest absolute Gasteiger partial charge is 0.319 e. The Hall–Kier alpha value is -2.91. The molecule has 0 unspecified atom stereocenters. The van der Waals surface area contributed by atoms with Crippen LogP contribution in [0.1, 0.15) is 41.1 Å². The van der Waals surface area contributed by atoms with Crippen LogP contribution in [0.25, 0.3) is 0 Å². The van der Waals surface area contributed by atoms with Gasteiger partial charge in [0.25, 0.3) is 5.91 Å². The van der Waals surface area contributed by atoms with E-state index in [0.29, 0.717) is 42.1 Å². The summed E-state index contributed by atoms with van der Waals surface area (Å²) in [4.78, 5) is 24.4. The minimum atomic E-state index is -0.479. The summed E-state index contributed by atoms with van der Waals surface area (Å²) >= 11 is 0. The van der Waals surface area contributed by atoms with Gasteiger partial charge in [0.2, 0.25) is 0 Å². The molecule has 1 aliphatic rings. The summed E-state index contributed by atoms with van der Waals surface area (Å²) in [6, 6.07) is 8.36. The maximum atomic E-state index is 12.4. The molecule has 1 aromatic heterocycles. The number of ether oxygens (including phenoxy) is 1. The number of rotatable bonds is 7. The number of hydrogen-bond donors (Lipinski definition) is 4. The molecule has 1 fully saturated rings. The molecule has 3 rings (SSSR count). The average molecular weight is 416 g/mol. The normalized spacial score (nSPS) is 21.1. The fraction of sp³-hybridized carbons (Fsp3) is 0.476. The maximum absolute atomic E-state index is 12.4. The molecule has 0 saturated carbocycles. The lowest BCUT2D eigenvalue weighted by Gasteiger charge is -2.36. The number of carbonyl (C=O) groups is 2. The molecule has 3 amide bonds. The topological polar surface area (TPSA) is 126 Å². The third-order valence-electron chi connectivity index (χ3n) is 5.17. The molecule has 9 nitrogen and oxygen atoms in total. The Labute approximate surface area is 175 Å². The molecular weight excluding hydrogens is 388 g/mol. The monoisotopic (exact) mass is 416 g/mol. The van der Waals surface area contributed by atoms with E-state index < -0.39 is 6.10 Å². The van der Waals surface area contributed by atoms with Crippen LogP contribution in [0.4, 0.5) is 10.5 Å². The number of aliphatic hydroxyl groups is 1. The highest BCUT2D eigenvalue weighted by Gasteiger charge is 2.32. The van der Waals surface area contributed by atoms with E-state index in [0.717, 1.165) is 6.42 Å². The zero-order valence-corrected chi connectivity index (χ0v) is 17.2. The third-order valence-corrected chi connectivity index (χ3v) is 5.17. The van der Waals surface area contributed by atoms with Crippen molar-refractivity contribution in [3.8, 4) is 0 Å². The Bertz CT molecular complexity index is 835. The highest BCUT2D eigenvalue weighted by molar-refractivity contribution is 5.94. The molecule has 9 heteroatoms. The van der Waals surface area contributed by atoms with Crippen molar-refractivity contribution in [3.05, 3.63) is 47.3 Å². The number of carbonyl (C=O) groups excluding carboxylic acids is 2. The molecule has 2 heterocycles. The third kappa shape index (κ3) is 5.58. The van der Waals surface area contributed by atoms with E-state index in [-0.39, 0.29) is 30.7 Å². The molecular formula is C21H28N4O5. The van der Waals surface area contributed by atoms with Crippen LogP contribution in [-0.2, 0) is 4.74 Å². The lowest BCUT2D eigenvalue weighted by Crippen LogP contribution is -2.51. The Morgan fingerprint density at radius 3 is 2.63 bits per heavy atom. The van der Waals surface area contributed by atoms with Crippen LogP contribution in [0.5, 0.6) is 0 Å². The van der Waals surface area contributed by atoms with Gasteiger partial charge in [0.1, 0.15) is 17.5 Å². The fourth-order valence-corrected chi connectivity index (χ4v) is 3.52. The first-order valence-corrected chi connectivity index (χ1v) is 10.1. The molecule has 0 spiro atoms. The predicted molar refractivity (Wildman–Crippen MR) is 110 cm³/mol. The molecule has 3 atom stereocenters. The molecule has 1 saturated heterocycles. The minimum Gasteiger partial charge on any atom is -0.394 e. The summed E-state index contributed by atoms with van der Waals surface area (Å²) in [7, 11) is 0. The quantitative estimate of drug-likeness (QED) is 0.548. The van der Waals surface area contributed by atoms with Crippen LogP contribution in [0.3, 0.4) is 0 Å². The highest BCUT2D eigenvalue weighted by atomic mass is 16.5. The van der Waals surface area contributed by atoms with E-state index in [1.165, 1.54) is 0 Å². The number of hydrogen-bond acceptors (Lipinski definition) is 6. The van der Waals surface area contributed by atoms with Crippen molar-refractivity contribution in [2.24, 2.45) is 0 Å². The van der Waals surface area contributed by atoms with Crippen molar-refractivity contribution in [1.29, 1.82) is 0 Å². The number of amides is 3. The number of urea groups is 1. The molecule has 0 aliphatic carbocycles. The molecule has 30 heavy (non-hydrogen) atoms. The van der Waals surface area contributed by atoms with E-state index in [2.05, 4.69) is 21.1 Å². The first-order valence-electron chi connectivity index (χ1n) is 10.1. The Morgan fingerprint density at radius 2 is 1.97 bits per heavy atom. The summed E-state index contributed by atoms with van der Waals surface area (Å²) < 4.78 is 11.0. The fourth-order valence-electron chi connectivity index (χ4n) is 3.52. The molecule has 1 aliphatic heterocycles. The van der Waals surface area contributed by atoms with Gasteiger partial charge in [-0.05, 0) is 45.2 Å². The lowest BCUT2D eigenvalue weighted by atomic mass is 9.96. The Morgan fingerprint density at radius 1 is 1.20 bits per heavy atom. The van der Waals surface area contributed by atoms with E-state index in [4.69, 9.17) is 9.26 Å². The van der Waals surface area contributed by atoms with Gasteiger partial charge in [0.05, 0.1) is 18.8 Å². The second-order valence-corrected chi connectivity index (χ2v) is 7.37. The lowest BCUT2D eigenvalue weighted by molar-refractivity contribution is -0.0892. The number of anilines is 1. The zero-order chi connectivity index (χ0) is 21.5. The SMILES string of the molecule is Cc1noc(C)c1NC(=O)NCC[C@@H]1CC[C@H](NC(=O)c2ccccc2)[C@@H](CO)O1. The summed E-state index contributed by atoms with van der Waals surface area (Å²) in [5.41, 5.74) is 1.76. The largest absolute Gasteiger partial charge is 0.394 e. The second kappa shape index (κ2) is 10.2. The van der Waals surface area contributed by atoms with Crippen LogP contribution in [0.15, 0.2) is 34.9 Å². The van der Waals surface area contributed by atoms with Gasteiger partial charge in [-0.15, -0.1) is 0 Å². The number of aromatic nitrogens is 1. The summed E-state index contributed by atoms with van der Waals surface area (Å²) in [5, 5.41) is 22.0. The maximum Gasteiger partial charge on any atom is 0.319 e. The Kier molecular flexibility index (Phi) is 7.42. The van der Waals surface area contributed by atoms with Crippen molar-refractivity contribution in [2.75, 3.05) is 18.5 Å². The van der Waals surface area contributed by atoms with Gasteiger partial charge in [0.15, 0.2) is 5.76 Å². The summed E-state index contributed by atoms with van der Waals surface area (Å²) in [5.74, 6) is 0.367. The molecule has 0 radical (unpaired) electrons. The predicted octanol–water partition coefficient (Wildman–Crippen LogP) is 2.14. The summed E-state index contributed by atoms with van der Waals surface area (Å²) in [6.07, 6.45) is 1.44. The highest BCUT2D eigenvalue weighted by Crippen LogP contribution is 2.22. The minimum absolute atomic E-state index is 0.105. The van der Waals surface area contributed by atoms with Gasteiger partial charge in [-0.3, -0.25) is 4.79 Å². The van der Waals surface area contributed by atoms with Crippen molar-refractivity contribution < 1.29 is 24.0 Å². The van der Waals surface area contributed by atoms with Gasteiger partial charge >= 0.3 is 6.03 Å². The number of nitrogens with one attached hydrogen (secondary N) is 3. The standard InChI is InChI=1S/C21H28N4O5/c1-13-19(14(2)30-25-13)24-21(28)22-11-10-16-8-9-17(18(12-26)29-16)23-20(27)15-6-4-3-5-7-15/h3-7,16-18,26H,8-12H2,1-2H3,(H,23,27)(H2,22,24,28)/t16-,17-,18+/m0/s1. The van der Waals surface area contributed by atoms with Gasteiger partial charge in [-0.25, -0.2) is 4.79 Å². The molecule has 4 N–H and O–H groups in total. The molecule has 2 aromatic rings. The van der Waals surface area contributed by atoms with E-state index >= 15 is 0 Å². The zero-order valence-electron chi connectivity index (χ0n) is 17.2. The summed E-state index contributed by atoms with van der Waals surface area (Å²) in [6.45, 7) is 3.72. The Balaban J connectivity index is 1.42. The van der Waals surface area contributed by atoms with Crippen LogP contribution >= 0.6 is 0 Å². The number of aliphatic hydroxyl groups excluding tert-OH is 1. The van der Waals surface area contributed by atoms with Crippen LogP contribution in [-0.4, -0.2) is 53.6 Å². The molecule has 0 bridgehead atoms. The van der Waals surface area contributed by atoms with Crippen molar-refractivity contribution in [1.82, 2.24) is 15.8 Å². The second-order valence-electron chi connectivity index (χ2n) is 7.37. The number of nitrogens with zero attached hydrogens (tertiary/aromatic N) is 1. The van der Waals surface area contributed by atoms with Gasteiger partial charge in [-0.1, -0.05) is 23.4 Å². The van der Waals surface area contributed by atoms with Crippen molar-refractivity contribution >= 4 is 17.6 Å². The van der Waals surface area contributed by atoms with E-state index in [1.54, 1.807) is 38.1 Å². The van der Waals surface area contributed by atoms with Gasteiger partial charge in [0, 0.05) is 12.1 Å². The van der Waals surface area contributed by atoms with Gasteiger partial charge < -0.3 is 30.3 Å². The van der Waals surface area contributed by atoms with Crippen molar-refractivity contribution in [2.45, 2.75) is 51.4 Å².